The van der Waals surface area contributed by atoms with Gasteiger partial charge >= 0.3 is 0 Å². The number of nitrogens with one attached hydrogen (secondary N) is 1. The van der Waals surface area contributed by atoms with Gasteiger partial charge in [0.25, 0.3) is 0 Å². The van der Waals surface area contributed by atoms with Gasteiger partial charge in [0.2, 0.25) is 0 Å². The molecule has 2 nitrogen and oxygen atoms in total. The van der Waals surface area contributed by atoms with Gasteiger partial charge in [-0.25, -0.2) is 4.39 Å². The summed E-state index contributed by atoms with van der Waals surface area (Å²) in [6, 6.07) is 5.59. The lowest BCUT2D eigenvalue weighted by Gasteiger charge is -2.21. The second-order valence-electron chi connectivity index (χ2n) is 5.61. The number of hydrogen-bond acceptors (Lipinski definition) is 1. The van der Waals surface area contributed by atoms with Crippen LogP contribution in [0.2, 0.25) is 0 Å². The summed E-state index contributed by atoms with van der Waals surface area (Å²) in [6.45, 7) is 4.55. The predicted octanol–water partition coefficient (Wildman–Crippen LogP) is 4.84. The van der Waals surface area contributed by atoms with Gasteiger partial charge in [0.15, 0.2) is 4.77 Å². The Bertz CT molecular complexity index is 658. The minimum Gasteiger partial charge on any atom is -0.328 e. The van der Waals surface area contributed by atoms with Crippen LogP contribution in [0.25, 0.3) is 11.0 Å². The van der Waals surface area contributed by atoms with Gasteiger partial charge in [-0.15, -0.1) is 0 Å². The number of halogens is 1. The smallest absolute Gasteiger partial charge is 0.178 e. The van der Waals surface area contributed by atoms with Crippen LogP contribution in [0.4, 0.5) is 4.39 Å². The zero-order valence-corrected chi connectivity index (χ0v) is 12.1. The maximum atomic E-state index is 13.8. The molecule has 1 heterocycles. The summed E-state index contributed by atoms with van der Waals surface area (Å²) in [5, 5.41) is 0. The fraction of sp³-hybridized carbons (Fsp3) is 0.533. The molecule has 1 N–H and O–H groups in total. The minimum absolute atomic E-state index is 0.222. The topological polar surface area (TPSA) is 20.7 Å². The van der Waals surface area contributed by atoms with E-state index in [0.717, 1.165) is 17.9 Å². The Morgan fingerprint density at radius 3 is 2.89 bits per heavy atom. The van der Waals surface area contributed by atoms with E-state index >= 15 is 0 Å². The fourth-order valence-electron chi connectivity index (χ4n) is 3.61. The van der Waals surface area contributed by atoms with Crippen molar-refractivity contribution in [1.29, 1.82) is 0 Å². The largest absolute Gasteiger partial charge is 0.328 e. The molecule has 3 unspecified atom stereocenters. The number of H-pyrrole nitrogens is 1. The second-order valence-corrected chi connectivity index (χ2v) is 5.99. The Hall–Kier alpha value is -1.16. The molecule has 1 aliphatic rings. The quantitative estimate of drug-likeness (QED) is 0.780. The molecule has 3 atom stereocenters. The number of imidazole rings is 1. The molecular formula is C15H19FN2S. The van der Waals surface area contributed by atoms with Crippen molar-refractivity contribution in [1.82, 2.24) is 9.55 Å². The predicted molar refractivity (Wildman–Crippen MR) is 78.3 cm³/mol. The van der Waals surface area contributed by atoms with E-state index < -0.39 is 0 Å². The van der Waals surface area contributed by atoms with Gasteiger partial charge < -0.3 is 9.55 Å². The highest BCUT2D eigenvalue weighted by atomic mass is 32.1. The van der Waals surface area contributed by atoms with Crippen molar-refractivity contribution in [3.63, 3.8) is 0 Å². The normalized spacial score (nSPS) is 27.2. The zero-order chi connectivity index (χ0) is 13.6. The number of aromatic nitrogens is 2. The van der Waals surface area contributed by atoms with Crippen LogP contribution in [0.1, 0.15) is 39.2 Å². The molecule has 19 heavy (non-hydrogen) atoms. The lowest BCUT2D eigenvalue weighted by Crippen LogP contribution is -2.15. The number of para-hydroxylation sites is 1. The number of rotatable bonds is 2. The summed E-state index contributed by atoms with van der Waals surface area (Å²) in [4.78, 5) is 3.03. The van der Waals surface area contributed by atoms with Crippen molar-refractivity contribution < 1.29 is 4.39 Å². The molecule has 1 aliphatic carbocycles. The molecule has 1 fully saturated rings. The summed E-state index contributed by atoms with van der Waals surface area (Å²) in [5.74, 6) is 1.13. The van der Waals surface area contributed by atoms with Gasteiger partial charge in [-0.2, -0.15) is 0 Å². The van der Waals surface area contributed by atoms with Gasteiger partial charge in [-0.3, -0.25) is 0 Å². The molecule has 2 aromatic rings. The van der Waals surface area contributed by atoms with Crippen LogP contribution >= 0.6 is 12.2 Å². The van der Waals surface area contributed by atoms with E-state index in [1.807, 2.05) is 6.07 Å². The molecule has 102 valence electrons. The number of aromatic amines is 1. The summed E-state index contributed by atoms with van der Waals surface area (Å²) in [7, 11) is 0. The third-order valence-electron chi connectivity index (χ3n) is 4.74. The maximum Gasteiger partial charge on any atom is 0.178 e. The summed E-state index contributed by atoms with van der Waals surface area (Å²) < 4.78 is 16.6. The summed E-state index contributed by atoms with van der Waals surface area (Å²) in [6.07, 6.45) is 3.59. The van der Waals surface area contributed by atoms with Crippen LogP contribution in [-0.2, 0) is 0 Å². The van der Waals surface area contributed by atoms with Gasteiger partial charge in [0.05, 0.1) is 5.52 Å². The fourth-order valence-corrected chi connectivity index (χ4v) is 3.94. The summed E-state index contributed by atoms with van der Waals surface area (Å²) >= 11 is 5.42. The SMILES string of the molecule is CCC1CCC(n2c(=S)[nH]c3c(F)cccc32)C1C. The molecule has 1 saturated carbocycles. The first-order valence-electron chi connectivity index (χ1n) is 7.02. The highest BCUT2D eigenvalue weighted by molar-refractivity contribution is 7.71. The first-order chi connectivity index (χ1) is 9.13. The van der Waals surface area contributed by atoms with E-state index in [-0.39, 0.29) is 5.82 Å². The first kappa shape index (κ1) is 12.9. The molecule has 4 heteroatoms. The zero-order valence-electron chi connectivity index (χ0n) is 11.3. The van der Waals surface area contributed by atoms with Gasteiger partial charge in [0, 0.05) is 6.04 Å². The molecule has 0 radical (unpaired) electrons. The average Bonchev–Trinajstić information content (AvgIpc) is 2.90. The third kappa shape index (κ3) is 1.93. The molecule has 0 saturated heterocycles. The van der Waals surface area contributed by atoms with Crippen LogP contribution in [0.5, 0.6) is 0 Å². The van der Waals surface area contributed by atoms with Crippen molar-refractivity contribution in [2.24, 2.45) is 11.8 Å². The molecule has 1 aromatic carbocycles. The minimum atomic E-state index is -0.222. The Balaban J connectivity index is 2.14. The lowest BCUT2D eigenvalue weighted by molar-refractivity contribution is 0.332. The molecule has 1 aromatic heterocycles. The Labute approximate surface area is 117 Å². The first-order valence-corrected chi connectivity index (χ1v) is 7.43. The van der Waals surface area contributed by atoms with Crippen LogP contribution in [-0.4, -0.2) is 9.55 Å². The highest BCUT2D eigenvalue weighted by Gasteiger charge is 2.33. The van der Waals surface area contributed by atoms with E-state index in [1.54, 1.807) is 6.07 Å². The van der Waals surface area contributed by atoms with E-state index in [0.29, 0.717) is 22.2 Å². The van der Waals surface area contributed by atoms with E-state index in [1.165, 1.54) is 18.9 Å². The van der Waals surface area contributed by atoms with Crippen LogP contribution in [0.3, 0.4) is 0 Å². The van der Waals surface area contributed by atoms with Crippen molar-refractivity contribution in [2.45, 2.75) is 39.2 Å². The van der Waals surface area contributed by atoms with Crippen LogP contribution in [0.15, 0.2) is 18.2 Å². The monoisotopic (exact) mass is 278 g/mol. The van der Waals surface area contributed by atoms with Gasteiger partial charge in [-0.05, 0) is 49.0 Å². The van der Waals surface area contributed by atoms with E-state index in [2.05, 4.69) is 23.4 Å². The van der Waals surface area contributed by atoms with Crippen molar-refractivity contribution in [3.05, 3.63) is 28.8 Å². The van der Waals surface area contributed by atoms with E-state index in [9.17, 15) is 4.39 Å². The standard InChI is InChI=1S/C15H19FN2S/c1-3-10-7-8-12(9(10)2)18-13-6-4-5-11(16)14(13)17-15(18)19/h4-6,9-10,12H,3,7-8H2,1-2H3,(H,17,19). The van der Waals surface area contributed by atoms with Gasteiger partial charge in [0.1, 0.15) is 11.3 Å². The maximum absolute atomic E-state index is 13.8. The molecular weight excluding hydrogens is 259 g/mol. The number of benzene rings is 1. The number of fused-ring (bicyclic) bond motifs is 1. The van der Waals surface area contributed by atoms with Crippen molar-refractivity contribution in [2.75, 3.05) is 0 Å². The van der Waals surface area contributed by atoms with Crippen LogP contribution < -0.4 is 0 Å². The molecule has 0 spiro atoms. The van der Waals surface area contributed by atoms with Gasteiger partial charge in [-0.1, -0.05) is 26.3 Å². The summed E-state index contributed by atoms with van der Waals surface area (Å²) in [5.41, 5.74) is 1.44. The van der Waals surface area contributed by atoms with Crippen molar-refractivity contribution in [3.8, 4) is 0 Å². The molecule has 0 bridgehead atoms. The molecule has 0 amide bonds. The average molecular weight is 278 g/mol. The second kappa shape index (κ2) is 4.75. The molecule has 0 aliphatic heterocycles. The Kier molecular flexibility index (Phi) is 3.21. The lowest BCUT2D eigenvalue weighted by atomic mass is 9.93. The number of hydrogen-bond donors (Lipinski definition) is 1. The Morgan fingerprint density at radius 1 is 1.42 bits per heavy atom. The van der Waals surface area contributed by atoms with Crippen LogP contribution in [0, 0.1) is 22.4 Å². The Morgan fingerprint density at radius 2 is 2.21 bits per heavy atom. The van der Waals surface area contributed by atoms with E-state index in [4.69, 9.17) is 12.2 Å². The molecule has 3 rings (SSSR count). The van der Waals surface area contributed by atoms with Crippen molar-refractivity contribution >= 4 is 23.3 Å². The highest BCUT2D eigenvalue weighted by Crippen LogP contribution is 2.43. The third-order valence-corrected chi connectivity index (χ3v) is 5.04. The number of nitrogens with zero attached hydrogens (tertiary/aromatic N) is 1.